The van der Waals surface area contributed by atoms with Crippen LogP contribution in [0.4, 0.5) is 0 Å². The minimum absolute atomic E-state index is 0.141. The number of para-hydroxylation sites is 2. The molecule has 0 spiro atoms. The molecule has 0 fully saturated rings. The van der Waals surface area contributed by atoms with Crippen LogP contribution in [0.15, 0.2) is 57.7 Å². The number of ether oxygens (including phenoxy) is 1. The van der Waals surface area contributed by atoms with Gasteiger partial charge in [-0.2, -0.15) is 0 Å². The predicted molar refractivity (Wildman–Crippen MR) is 111 cm³/mol. The standard InChI is InChI=1S/C23H24N2O4/c1-24(2)13-8-14-25-20(15-9-4-6-11-17(15)28-3)19-21(26)16-10-5-7-12-18(16)29-22(19)23(25)27/h4-7,9-12,20H,8,13-14H2,1-3H3/p+1/t20-/m0/s1. The van der Waals surface area contributed by atoms with Crippen LogP contribution in [-0.4, -0.2) is 45.1 Å². The van der Waals surface area contributed by atoms with E-state index in [9.17, 15) is 9.59 Å². The van der Waals surface area contributed by atoms with Crippen molar-refractivity contribution in [3.8, 4) is 5.75 Å². The number of rotatable bonds is 6. The van der Waals surface area contributed by atoms with Crippen LogP contribution in [-0.2, 0) is 0 Å². The first-order valence-electron chi connectivity index (χ1n) is 9.81. The Morgan fingerprint density at radius 3 is 2.55 bits per heavy atom. The van der Waals surface area contributed by atoms with Crippen molar-refractivity contribution in [1.29, 1.82) is 0 Å². The molecule has 0 aliphatic carbocycles. The Balaban J connectivity index is 1.90. The largest absolute Gasteiger partial charge is 0.496 e. The molecule has 1 aromatic heterocycles. The van der Waals surface area contributed by atoms with Gasteiger partial charge in [-0.1, -0.05) is 30.3 Å². The van der Waals surface area contributed by atoms with E-state index in [1.165, 1.54) is 4.90 Å². The van der Waals surface area contributed by atoms with Crippen LogP contribution in [0.1, 0.15) is 34.1 Å². The molecule has 2 heterocycles. The first-order chi connectivity index (χ1) is 14.0. The molecule has 6 heteroatoms. The number of carbonyl (C=O) groups excluding carboxylic acids is 1. The average molecular weight is 393 g/mol. The number of methoxy groups -OCH3 is 1. The number of amides is 1. The molecule has 0 unspecified atom stereocenters. The molecule has 0 radical (unpaired) electrons. The summed E-state index contributed by atoms with van der Waals surface area (Å²) in [7, 11) is 5.76. The third kappa shape index (κ3) is 3.29. The van der Waals surface area contributed by atoms with E-state index in [1.807, 2.05) is 24.3 Å². The molecule has 29 heavy (non-hydrogen) atoms. The van der Waals surface area contributed by atoms with E-state index in [1.54, 1.807) is 36.3 Å². The lowest BCUT2D eigenvalue weighted by molar-refractivity contribution is -0.858. The molecular weight excluding hydrogens is 368 g/mol. The van der Waals surface area contributed by atoms with E-state index in [2.05, 4.69) is 14.1 Å². The number of fused-ring (bicyclic) bond motifs is 2. The second kappa shape index (κ2) is 7.72. The fraction of sp³-hybridized carbons (Fsp3) is 0.304. The number of benzene rings is 2. The Kier molecular flexibility index (Phi) is 5.11. The number of nitrogens with zero attached hydrogens (tertiary/aromatic N) is 1. The van der Waals surface area contributed by atoms with E-state index < -0.39 is 6.04 Å². The fourth-order valence-corrected chi connectivity index (χ4v) is 4.02. The Morgan fingerprint density at radius 2 is 1.79 bits per heavy atom. The van der Waals surface area contributed by atoms with Crippen LogP contribution in [0.2, 0.25) is 0 Å². The maximum Gasteiger partial charge on any atom is 0.290 e. The van der Waals surface area contributed by atoms with E-state index in [0.29, 0.717) is 28.8 Å². The lowest BCUT2D eigenvalue weighted by atomic mass is 9.97. The van der Waals surface area contributed by atoms with Crippen molar-refractivity contribution in [2.24, 2.45) is 0 Å². The van der Waals surface area contributed by atoms with Gasteiger partial charge in [0.15, 0.2) is 5.43 Å². The number of nitrogens with one attached hydrogen (secondary N) is 1. The van der Waals surface area contributed by atoms with Gasteiger partial charge in [0.05, 0.1) is 44.7 Å². The number of hydrogen-bond acceptors (Lipinski definition) is 4. The van der Waals surface area contributed by atoms with Crippen molar-refractivity contribution in [2.75, 3.05) is 34.3 Å². The normalized spacial score (nSPS) is 15.9. The van der Waals surface area contributed by atoms with Crippen LogP contribution in [0, 0.1) is 0 Å². The van der Waals surface area contributed by atoms with Gasteiger partial charge in [0.2, 0.25) is 5.76 Å². The van der Waals surface area contributed by atoms with Gasteiger partial charge >= 0.3 is 0 Å². The SMILES string of the molecule is COc1ccccc1[C@H]1c2c(oc3ccccc3c2=O)C(=O)N1CCC[NH+](C)C. The second-order valence-corrected chi connectivity index (χ2v) is 7.62. The lowest BCUT2D eigenvalue weighted by Crippen LogP contribution is -3.05. The zero-order chi connectivity index (χ0) is 20.5. The van der Waals surface area contributed by atoms with Gasteiger partial charge < -0.3 is 19.0 Å². The molecule has 3 aromatic rings. The summed E-state index contributed by atoms with van der Waals surface area (Å²) in [6.07, 6.45) is 0.821. The third-order valence-electron chi connectivity index (χ3n) is 5.38. The van der Waals surface area contributed by atoms with Crippen LogP contribution < -0.4 is 15.1 Å². The zero-order valence-corrected chi connectivity index (χ0v) is 16.9. The molecular formula is C23H25N2O4+. The number of quaternary nitrogens is 1. The van der Waals surface area contributed by atoms with Crippen molar-refractivity contribution >= 4 is 16.9 Å². The maximum absolute atomic E-state index is 13.4. The van der Waals surface area contributed by atoms with Crippen LogP contribution in [0.25, 0.3) is 11.0 Å². The maximum atomic E-state index is 13.4. The Hall–Kier alpha value is -3.12. The van der Waals surface area contributed by atoms with Crippen molar-refractivity contribution in [2.45, 2.75) is 12.5 Å². The third-order valence-corrected chi connectivity index (χ3v) is 5.38. The van der Waals surface area contributed by atoms with Crippen molar-refractivity contribution in [1.82, 2.24) is 4.90 Å². The molecule has 150 valence electrons. The minimum atomic E-state index is -0.522. The van der Waals surface area contributed by atoms with Gasteiger partial charge in [-0.15, -0.1) is 0 Å². The molecule has 1 N–H and O–H groups in total. The molecule has 1 aliphatic heterocycles. The molecule has 1 atom stereocenters. The summed E-state index contributed by atoms with van der Waals surface area (Å²) in [4.78, 5) is 29.7. The highest BCUT2D eigenvalue weighted by molar-refractivity contribution is 5.99. The number of carbonyl (C=O) groups is 1. The second-order valence-electron chi connectivity index (χ2n) is 7.62. The summed E-state index contributed by atoms with van der Waals surface area (Å²) in [5.74, 6) is 0.545. The highest BCUT2D eigenvalue weighted by Gasteiger charge is 2.43. The van der Waals surface area contributed by atoms with Crippen LogP contribution in [0.3, 0.4) is 0 Å². The van der Waals surface area contributed by atoms with Gasteiger partial charge in [0, 0.05) is 18.5 Å². The Bertz CT molecular complexity index is 1120. The minimum Gasteiger partial charge on any atom is -0.496 e. The smallest absolute Gasteiger partial charge is 0.290 e. The summed E-state index contributed by atoms with van der Waals surface area (Å²) >= 11 is 0. The Labute approximate surface area is 169 Å². The summed E-state index contributed by atoms with van der Waals surface area (Å²) < 4.78 is 11.5. The van der Waals surface area contributed by atoms with Gasteiger partial charge in [-0.25, -0.2) is 0 Å². The lowest BCUT2D eigenvalue weighted by Gasteiger charge is -2.26. The fourth-order valence-electron chi connectivity index (χ4n) is 4.02. The van der Waals surface area contributed by atoms with Gasteiger partial charge in [-0.05, 0) is 18.2 Å². The summed E-state index contributed by atoms with van der Waals surface area (Å²) in [5.41, 5.74) is 1.46. The Morgan fingerprint density at radius 1 is 1.07 bits per heavy atom. The summed E-state index contributed by atoms with van der Waals surface area (Å²) in [6, 6.07) is 14.1. The first kappa shape index (κ1) is 19.2. The summed E-state index contributed by atoms with van der Waals surface area (Å²) in [5, 5.41) is 0.485. The van der Waals surface area contributed by atoms with Gasteiger partial charge in [0.25, 0.3) is 5.91 Å². The first-order valence-corrected chi connectivity index (χ1v) is 9.81. The molecule has 0 bridgehead atoms. The molecule has 6 nitrogen and oxygen atoms in total. The molecule has 1 aliphatic rings. The highest BCUT2D eigenvalue weighted by Crippen LogP contribution is 2.41. The van der Waals surface area contributed by atoms with E-state index >= 15 is 0 Å². The zero-order valence-electron chi connectivity index (χ0n) is 16.9. The van der Waals surface area contributed by atoms with E-state index in [-0.39, 0.29) is 17.1 Å². The molecule has 0 saturated carbocycles. The van der Waals surface area contributed by atoms with Crippen molar-refractivity contribution < 1.29 is 18.8 Å². The van der Waals surface area contributed by atoms with Gasteiger partial charge in [0.1, 0.15) is 11.3 Å². The quantitative estimate of drug-likeness (QED) is 0.695. The predicted octanol–water partition coefficient (Wildman–Crippen LogP) is 1.88. The van der Waals surface area contributed by atoms with Crippen LogP contribution >= 0.6 is 0 Å². The molecule has 2 aromatic carbocycles. The van der Waals surface area contributed by atoms with Crippen molar-refractivity contribution in [3.05, 3.63) is 75.6 Å². The molecule has 1 amide bonds. The molecule has 0 saturated heterocycles. The van der Waals surface area contributed by atoms with Gasteiger partial charge in [-0.3, -0.25) is 9.59 Å². The highest BCUT2D eigenvalue weighted by atomic mass is 16.5. The number of hydrogen-bond donors (Lipinski definition) is 1. The topological polar surface area (TPSA) is 64.2 Å². The molecule has 4 rings (SSSR count). The average Bonchev–Trinajstić information content (AvgIpc) is 3.00. The monoisotopic (exact) mass is 393 g/mol. The van der Waals surface area contributed by atoms with Crippen LogP contribution in [0.5, 0.6) is 5.75 Å². The van der Waals surface area contributed by atoms with Crippen molar-refractivity contribution in [3.63, 3.8) is 0 Å². The summed E-state index contributed by atoms with van der Waals surface area (Å²) in [6.45, 7) is 1.45. The van der Waals surface area contributed by atoms with E-state index in [4.69, 9.17) is 9.15 Å². The van der Waals surface area contributed by atoms with E-state index in [0.717, 1.165) is 18.5 Å².